The van der Waals surface area contributed by atoms with Crippen LogP contribution in [0, 0.1) is 10.1 Å². The second kappa shape index (κ2) is 11.4. The third-order valence-corrected chi connectivity index (χ3v) is 8.20. The van der Waals surface area contributed by atoms with E-state index in [2.05, 4.69) is 4.98 Å². The van der Waals surface area contributed by atoms with Gasteiger partial charge >= 0.3 is 5.97 Å². The molecule has 2 aromatic carbocycles. The van der Waals surface area contributed by atoms with Crippen molar-refractivity contribution in [3.63, 3.8) is 0 Å². The van der Waals surface area contributed by atoms with Crippen molar-refractivity contribution >= 4 is 38.7 Å². The number of rotatable bonds is 12. The molecule has 1 unspecified atom stereocenters. The molecule has 0 radical (unpaired) electrons. The number of nitro groups is 1. The molecule has 3 aromatic rings. The van der Waals surface area contributed by atoms with E-state index < -0.39 is 27.0 Å². The van der Waals surface area contributed by atoms with Gasteiger partial charge in [0.1, 0.15) is 4.88 Å². The van der Waals surface area contributed by atoms with Gasteiger partial charge in [0.05, 0.1) is 32.8 Å². The third kappa shape index (κ3) is 6.41. The summed E-state index contributed by atoms with van der Waals surface area (Å²) >= 11 is 1.08. The quantitative estimate of drug-likeness (QED) is 0.203. The number of carboxylic acids is 1. The Kier molecular flexibility index (Phi) is 8.54. The van der Waals surface area contributed by atoms with Crippen molar-refractivity contribution in [2.24, 2.45) is 0 Å². The van der Waals surface area contributed by atoms with Gasteiger partial charge in [0, 0.05) is 18.7 Å². The van der Waals surface area contributed by atoms with Crippen molar-refractivity contribution in [3.05, 3.63) is 80.3 Å². The van der Waals surface area contributed by atoms with E-state index in [0.717, 1.165) is 17.4 Å². The Morgan fingerprint density at radius 3 is 2.51 bits per heavy atom. The molecular weight excluding hydrogens is 494 g/mol. The molecule has 0 saturated heterocycles. The van der Waals surface area contributed by atoms with Crippen LogP contribution in [-0.4, -0.2) is 41.1 Å². The van der Waals surface area contributed by atoms with Gasteiger partial charge in [-0.05, 0) is 49.4 Å². The zero-order valence-corrected chi connectivity index (χ0v) is 20.5. The molecule has 0 amide bonds. The number of thiazole rings is 1. The van der Waals surface area contributed by atoms with Crippen LogP contribution in [0.15, 0.2) is 59.6 Å². The molecule has 1 heterocycles. The number of hydrogen-bond donors (Lipinski definition) is 2. The smallest absolute Gasteiger partial charge is 0.347 e. The van der Waals surface area contributed by atoms with E-state index in [1.807, 2.05) is 6.92 Å². The molecule has 0 aliphatic heterocycles. The number of anilines is 1. The number of non-ortho nitro benzene ring substituents is 1. The van der Waals surface area contributed by atoms with Crippen molar-refractivity contribution in [1.29, 1.82) is 0 Å². The fourth-order valence-corrected chi connectivity index (χ4v) is 5.77. The predicted molar refractivity (Wildman–Crippen MR) is 131 cm³/mol. The maximum absolute atomic E-state index is 13.5. The summed E-state index contributed by atoms with van der Waals surface area (Å²) in [7, 11) is -4.13. The molecule has 1 aromatic heterocycles. The van der Waals surface area contributed by atoms with Crippen LogP contribution in [-0.2, 0) is 16.4 Å². The van der Waals surface area contributed by atoms with Crippen LogP contribution < -0.4 is 4.31 Å². The molecule has 0 aliphatic rings. The number of hydrogen-bond acceptors (Lipinski definition) is 8. The maximum Gasteiger partial charge on any atom is 0.347 e. The lowest BCUT2D eigenvalue weighted by atomic mass is 10.1. The Morgan fingerprint density at radius 1 is 1.20 bits per heavy atom. The Balaban J connectivity index is 1.84. The summed E-state index contributed by atoms with van der Waals surface area (Å²) in [5.41, 5.74) is 0.693. The fraction of sp³-hybridized carbons (Fsp3) is 0.304. The average Bonchev–Trinajstić information content (AvgIpc) is 3.33. The molecule has 1 atom stereocenters. The summed E-state index contributed by atoms with van der Waals surface area (Å²) in [6.07, 6.45) is 2.63. The van der Waals surface area contributed by atoms with E-state index in [9.17, 15) is 28.4 Å². The number of unbranched alkanes of at least 4 members (excludes halogenated alkanes) is 1. The highest BCUT2D eigenvalue weighted by molar-refractivity contribution is 7.92. The number of aliphatic hydroxyl groups excluding tert-OH is 1. The number of aliphatic hydroxyl groups is 1. The number of aromatic carboxylic acids is 1. The minimum absolute atomic E-state index is 0.0951. The molecule has 0 saturated carbocycles. The Hall–Kier alpha value is -3.35. The first-order valence-corrected chi connectivity index (χ1v) is 13.1. The minimum atomic E-state index is -4.13. The molecule has 0 fully saturated rings. The van der Waals surface area contributed by atoms with Gasteiger partial charge in [0.15, 0.2) is 0 Å². The van der Waals surface area contributed by atoms with Gasteiger partial charge in [-0.1, -0.05) is 25.1 Å². The third-order valence-electron chi connectivity index (χ3n) is 5.34. The highest BCUT2D eigenvalue weighted by Gasteiger charge is 2.26. The van der Waals surface area contributed by atoms with Crippen molar-refractivity contribution in [1.82, 2.24) is 4.98 Å². The summed E-state index contributed by atoms with van der Waals surface area (Å²) < 4.78 is 28.2. The van der Waals surface area contributed by atoms with Gasteiger partial charge in [0.2, 0.25) is 0 Å². The summed E-state index contributed by atoms with van der Waals surface area (Å²) in [4.78, 5) is 25.6. The molecule has 2 N–H and O–H groups in total. The van der Waals surface area contributed by atoms with E-state index in [1.54, 1.807) is 24.3 Å². The lowest BCUT2D eigenvalue weighted by Gasteiger charge is -2.25. The van der Waals surface area contributed by atoms with E-state index >= 15 is 0 Å². The first-order valence-electron chi connectivity index (χ1n) is 10.9. The van der Waals surface area contributed by atoms with Crippen molar-refractivity contribution < 1.29 is 28.3 Å². The Bertz CT molecular complexity index is 1290. The van der Waals surface area contributed by atoms with Crippen molar-refractivity contribution in [2.45, 2.75) is 43.6 Å². The van der Waals surface area contributed by atoms with Crippen LogP contribution in [0.5, 0.6) is 0 Å². The van der Waals surface area contributed by atoms with E-state index in [1.165, 1.54) is 28.7 Å². The molecule has 35 heavy (non-hydrogen) atoms. The van der Waals surface area contributed by atoms with Gasteiger partial charge in [-0.25, -0.2) is 18.2 Å². The zero-order valence-electron chi connectivity index (χ0n) is 18.9. The number of aromatic nitrogens is 1. The highest BCUT2D eigenvalue weighted by atomic mass is 32.2. The van der Waals surface area contributed by atoms with Gasteiger partial charge in [-0.2, -0.15) is 0 Å². The number of benzene rings is 2. The SMILES string of the molecule is CCC(O)c1ccc(N(CCCCc2ncc(C(=O)O)s2)S(=O)(=O)c2cccc([N+](=O)[O-])c2)cc1. The highest BCUT2D eigenvalue weighted by Crippen LogP contribution is 2.28. The number of aryl methyl sites for hydroxylation is 1. The number of nitro benzene ring substituents is 1. The van der Waals surface area contributed by atoms with Gasteiger partial charge < -0.3 is 10.2 Å². The first kappa shape index (κ1) is 26.3. The normalized spacial score (nSPS) is 12.3. The molecule has 3 rings (SSSR count). The maximum atomic E-state index is 13.5. The topological polar surface area (TPSA) is 151 Å². The van der Waals surface area contributed by atoms with Crippen LogP contribution >= 0.6 is 11.3 Å². The van der Waals surface area contributed by atoms with E-state index in [0.29, 0.717) is 41.9 Å². The van der Waals surface area contributed by atoms with Crippen LogP contribution in [0.4, 0.5) is 11.4 Å². The van der Waals surface area contributed by atoms with Crippen LogP contribution in [0.2, 0.25) is 0 Å². The van der Waals surface area contributed by atoms with E-state index in [4.69, 9.17) is 5.11 Å². The average molecular weight is 520 g/mol. The molecular formula is C23H25N3O7S2. The van der Waals surface area contributed by atoms with Gasteiger partial charge in [-0.3, -0.25) is 14.4 Å². The fourth-order valence-electron chi connectivity index (χ4n) is 3.43. The first-order chi connectivity index (χ1) is 16.6. The molecule has 0 aliphatic carbocycles. The van der Waals surface area contributed by atoms with Gasteiger partial charge in [-0.15, -0.1) is 11.3 Å². The number of carbonyl (C=O) groups is 1. The molecule has 12 heteroatoms. The molecule has 0 bridgehead atoms. The second-order valence-corrected chi connectivity index (χ2v) is 10.7. The monoisotopic (exact) mass is 519 g/mol. The summed E-state index contributed by atoms with van der Waals surface area (Å²) in [6.45, 7) is 1.93. The second-order valence-electron chi connectivity index (χ2n) is 7.73. The molecule has 10 nitrogen and oxygen atoms in total. The number of sulfonamides is 1. The lowest BCUT2D eigenvalue weighted by Crippen LogP contribution is -2.32. The van der Waals surface area contributed by atoms with Crippen LogP contribution in [0.1, 0.15) is 52.5 Å². The van der Waals surface area contributed by atoms with Gasteiger partial charge in [0.25, 0.3) is 15.7 Å². The predicted octanol–water partition coefficient (Wildman–Crippen LogP) is 4.41. The van der Waals surface area contributed by atoms with E-state index in [-0.39, 0.29) is 22.0 Å². The van der Waals surface area contributed by atoms with Crippen LogP contribution in [0.25, 0.3) is 0 Å². The molecule has 186 valence electrons. The summed E-state index contributed by atoms with van der Waals surface area (Å²) in [5, 5.41) is 30.9. The largest absolute Gasteiger partial charge is 0.477 e. The van der Waals surface area contributed by atoms with Crippen molar-refractivity contribution in [3.8, 4) is 0 Å². The number of nitrogens with zero attached hydrogens (tertiary/aromatic N) is 3. The Morgan fingerprint density at radius 2 is 1.91 bits per heavy atom. The zero-order chi connectivity index (χ0) is 25.6. The van der Waals surface area contributed by atoms with Crippen LogP contribution in [0.3, 0.4) is 0 Å². The lowest BCUT2D eigenvalue weighted by molar-refractivity contribution is -0.385. The molecule has 0 spiro atoms. The summed E-state index contributed by atoms with van der Waals surface area (Å²) in [5.74, 6) is -1.04. The minimum Gasteiger partial charge on any atom is -0.477 e. The summed E-state index contributed by atoms with van der Waals surface area (Å²) in [6, 6.07) is 11.4. The number of carboxylic acid groups (broad SMARTS) is 1. The van der Waals surface area contributed by atoms with Crippen molar-refractivity contribution in [2.75, 3.05) is 10.8 Å². The standard InChI is InChI=1S/C23H25N3O7S2/c1-2-20(27)16-9-11-17(12-10-16)25(13-4-3-8-22-24-15-21(34-22)23(28)29)35(32,33)19-7-5-6-18(14-19)26(30)31/h5-7,9-12,14-15,20,27H,2-4,8,13H2,1H3,(H,28,29). The Labute approximate surface area is 206 Å².